The number of benzene rings is 3. The molecule has 0 spiro atoms. The molecule has 44 heavy (non-hydrogen) atoms. The van der Waals surface area contributed by atoms with E-state index in [9.17, 15) is 4.79 Å². The third kappa shape index (κ3) is 7.86. The lowest BCUT2D eigenvalue weighted by Crippen LogP contribution is -2.56. The molecule has 3 aromatic rings. The monoisotopic (exact) mass is 597 g/mol. The van der Waals surface area contributed by atoms with Crippen LogP contribution < -0.4 is 10.2 Å². The van der Waals surface area contributed by atoms with Gasteiger partial charge in [0.1, 0.15) is 11.9 Å². The molecule has 0 aliphatic carbocycles. The molecule has 234 valence electrons. The molecule has 1 unspecified atom stereocenters. The van der Waals surface area contributed by atoms with E-state index < -0.39 is 0 Å². The first-order valence-electron chi connectivity index (χ1n) is 15.9. The number of hydrogen-bond acceptors (Lipinski definition) is 8. The van der Waals surface area contributed by atoms with Crippen molar-refractivity contribution >= 4 is 12.3 Å². The van der Waals surface area contributed by atoms with Gasteiger partial charge in [0.15, 0.2) is 0 Å². The predicted octanol–water partition coefficient (Wildman–Crippen LogP) is 5.96. The largest absolute Gasteiger partial charge is 0.497 e. The van der Waals surface area contributed by atoms with Crippen LogP contribution in [0.3, 0.4) is 0 Å². The first-order valence-corrected chi connectivity index (χ1v) is 15.9. The molecule has 1 N–H and O–H groups in total. The maximum absolute atomic E-state index is 11.7. The number of nitrogens with zero attached hydrogens (tertiary/aromatic N) is 4. The van der Waals surface area contributed by atoms with Crippen molar-refractivity contribution in [3.63, 3.8) is 0 Å². The number of methoxy groups -OCH3 is 1. The van der Waals surface area contributed by atoms with Crippen molar-refractivity contribution in [1.29, 1.82) is 0 Å². The number of aliphatic imine (C=N–C) groups is 1. The van der Waals surface area contributed by atoms with Crippen LogP contribution in [-0.4, -0.2) is 72.6 Å². The molecule has 3 aromatic carbocycles. The SMILES string of the molecule is CCOC(=O)CCCCN1NC=NC1c1ccc([C@H](c2cccc(OC)c2)N2C[C@@H](C)N(Cc3ccccc3)C[C@@H]2C)cc1. The van der Waals surface area contributed by atoms with E-state index in [0.717, 1.165) is 50.3 Å². The molecule has 2 heterocycles. The Labute approximate surface area is 262 Å². The fourth-order valence-corrected chi connectivity index (χ4v) is 6.43. The molecule has 4 atom stereocenters. The summed E-state index contributed by atoms with van der Waals surface area (Å²) in [5.74, 6) is 0.745. The summed E-state index contributed by atoms with van der Waals surface area (Å²) < 4.78 is 10.7. The quantitative estimate of drug-likeness (QED) is 0.193. The van der Waals surface area contributed by atoms with Crippen LogP contribution in [0.15, 0.2) is 83.9 Å². The highest BCUT2D eigenvalue weighted by atomic mass is 16.5. The van der Waals surface area contributed by atoms with Crippen LogP contribution in [0.2, 0.25) is 0 Å². The van der Waals surface area contributed by atoms with E-state index in [4.69, 9.17) is 14.5 Å². The van der Waals surface area contributed by atoms with Crippen LogP contribution >= 0.6 is 0 Å². The molecule has 8 heteroatoms. The summed E-state index contributed by atoms with van der Waals surface area (Å²) in [6, 6.07) is 29.1. The molecule has 0 radical (unpaired) electrons. The lowest BCUT2D eigenvalue weighted by Gasteiger charge is -2.47. The molecule has 1 fully saturated rings. The molecule has 0 aromatic heterocycles. The standard InChI is InChI=1S/C36H47N5O3/c1-5-44-34(42)16-9-10-21-41-36(37-26-38-41)31-19-17-30(18-20-31)35(32-14-11-15-33(22-32)43-4)40-24-27(2)39(23-28(40)3)25-29-12-7-6-8-13-29/h6-8,11-15,17-20,22,26-28,35-36H,5,9-10,16,21,23-25H2,1-4H3,(H,37,38)/t27-,28+,35-,36?/m1/s1. The van der Waals surface area contributed by atoms with E-state index in [1.165, 1.54) is 16.7 Å². The van der Waals surface area contributed by atoms with E-state index in [-0.39, 0.29) is 18.2 Å². The number of piperazine rings is 1. The Kier molecular flexibility index (Phi) is 11.0. The zero-order chi connectivity index (χ0) is 30.9. The third-order valence-electron chi connectivity index (χ3n) is 8.75. The molecular weight excluding hydrogens is 550 g/mol. The number of hydrogen-bond donors (Lipinski definition) is 1. The van der Waals surface area contributed by atoms with Crippen LogP contribution in [0.1, 0.15) is 74.5 Å². The van der Waals surface area contributed by atoms with E-state index in [1.807, 2.05) is 13.0 Å². The van der Waals surface area contributed by atoms with Crippen LogP contribution in [0.5, 0.6) is 5.75 Å². The van der Waals surface area contributed by atoms with Crippen molar-refractivity contribution < 1.29 is 14.3 Å². The van der Waals surface area contributed by atoms with Crippen molar-refractivity contribution in [3.8, 4) is 5.75 Å². The number of nitrogens with one attached hydrogen (secondary N) is 1. The number of carbonyl (C=O) groups is 1. The summed E-state index contributed by atoms with van der Waals surface area (Å²) in [6.45, 7) is 10.7. The van der Waals surface area contributed by atoms with Gasteiger partial charge in [-0.1, -0.05) is 66.7 Å². The molecule has 2 aliphatic rings. The van der Waals surface area contributed by atoms with Crippen molar-refractivity contribution in [1.82, 2.24) is 20.2 Å². The van der Waals surface area contributed by atoms with Gasteiger partial charge in [0.2, 0.25) is 0 Å². The zero-order valence-electron chi connectivity index (χ0n) is 26.6. The van der Waals surface area contributed by atoms with Gasteiger partial charge in [-0.2, -0.15) is 5.01 Å². The van der Waals surface area contributed by atoms with Crippen molar-refractivity contribution in [2.24, 2.45) is 4.99 Å². The van der Waals surface area contributed by atoms with Gasteiger partial charge in [-0.15, -0.1) is 0 Å². The second-order valence-electron chi connectivity index (χ2n) is 11.9. The molecule has 1 saturated heterocycles. The second-order valence-corrected chi connectivity index (χ2v) is 11.9. The van der Waals surface area contributed by atoms with E-state index in [2.05, 4.69) is 107 Å². The average molecular weight is 598 g/mol. The average Bonchev–Trinajstić information content (AvgIpc) is 3.51. The summed E-state index contributed by atoms with van der Waals surface area (Å²) in [7, 11) is 1.73. The molecule has 0 amide bonds. The first kappa shape index (κ1) is 31.7. The van der Waals surface area contributed by atoms with Crippen molar-refractivity contribution in [2.45, 2.75) is 70.9 Å². The zero-order valence-corrected chi connectivity index (χ0v) is 26.6. The van der Waals surface area contributed by atoms with Gasteiger partial charge in [0.05, 0.1) is 26.1 Å². The number of carbonyl (C=O) groups excluding carboxylic acids is 1. The first-order chi connectivity index (χ1) is 21.5. The maximum atomic E-state index is 11.7. The summed E-state index contributed by atoms with van der Waals surface area (Å²) in [5, 5.41) is 2.13. The molecular formula is C36H47N5O3. The van der Waals surface area contributed by atoms with Gasteiger partial charge in [-0.25, -0.2) is 4.99 Å². The Morgan fingerprint density at radius 1 is 0.955 bits per heavy atom. The van der Waals surface area contributed by atoms with E-state index >= 15 is 0 Å². The second kappa shape index (κ2) is 15.3. The Bertz CT molecular complexity index is 1370. The Balaban J connectivity index is 1.32. The normalized spacial score (nSPS) is 21.6. The molecule has 5 rings (SSSR count). The minimum atomic E-state index is -0.128. The van der Waals surface area contributed by atoms with Gasteiger partial charge in [0, 0.05) is 44.7 Å². The summed E-state index contributed by atoms with van der Waals surface area (Å²) in [5.41, 5.74) is 8.26. The highest BCUT2D eigenvalue weighted by Crippen LogP contribution is 2.36. The third-order valence-corrected chi connectivity index (χ3v) is 8.75. The van der Waals surface area contributed by atoms with E-state index in [0.29, 0.717) is 25.1 Å². The van der Waals surface area contributed by atoms with Crippen LogP contribution in [-0.2, 0) is 16.1 Å². The minimum Gasteiger partial charge on any atom is -0.497 e. The smallest absolute Gasteiger partial charge is 0.305 e. The van der Waals surface area contributed by atoms with E-state index in [1.54, 1.807) is 13.4 Å². The highest BCUT2D eigenvalue weighted by Gasteiger charge is 2.35. The van der Waals surface area contributed by atoms with Gasteiger partial charge in [0.25, 0.3) is 0 Å². The number of esters is 1. The molecule has 2 aliphatic heterocycles. The van der Waals surface area contributed by atoms with Crippen molar-refractivity contribution in [2.75, 3.05) is 33.4 Å². The van der Waals surface area contributed by atoms with Crippen LogP contribution in [0.25, 0.3) is 0 Å². The fraction of sp³-hybridized carbons (Fsp3) is 0.444. The molecule has 8 nitrogen and oxygen atoms in total. The number of ether oxygens (including phenoxy) is 2. The lowest BCUT2D eigenvalue weighted by molar-refractivity contribution is -0.143. The number of unbranched alkanes of at least 4 members (excludes halogenated alkanes) is 1. The minimum absolute atomic E-state index is 0.0950. The number of rotatable bonds is 13. The fourth-order valence-electron chi connectivity index (χ4n) is 6.43. The van der Waals surface area contributed by atoms with Gasteiger partial charge in [-0.3, -0.25) is 14.6 Å². The van der Waals surface area contributed by atoms with Crippen LogP contribution in [0.4, 0.5) is 0 Å². The Hall–Kier alpha value is -3.72. The maximum Gasteiger partial charge on any atom is 0.305 e. The van der Waals surface area contributed by atoms with Crippen LogP contribution in [0, 0.1) is 0 Å². The predicted molar refractivity (Wildman–Crippen MR) is 175 cm³/mol. The van der Waals surface area contributed by atoms with Gasteiger partial charge >= 0.3 is 5.97 Å². The Morgan fingerprint density at radius 3 is 2.50 bits per heavy atom. The molecule has 0 saturated carbocycles. The summed E-state index contributed by atoms with van der Waals surface area (Å²) in [4.78, 5) is 21.7. The van der Waals surface area contributed by atoms with Gasteiger partial charge < -0.3 is 14.9 Å². The topological polar surface area (TPSA) is 69.6 Å². The van der Waals surface area contributed by atoms with Gasteiger partial charge in [-0.05, 0) is 68.0 Å². The summed E-state index contributed by atoms with van der Waals surface area (Å²) >= 11 is 0. The molecule has 0 bridgehead atoms. The lowest BCUT2D eigenvalue weighted by atomic mass is 9.92. The summed E-state index contributed by atoms with van der Waals surface area (Å²) in [6.07, 6.45) is 3.79. The number of hydrazine groups is 1. The Morgan fingerprint density at radius 2 is 1.75 bits per heavy atom. The van der Waals surface area contributed by atoms with Crippen molar-refractivity contribution in [3.05, 3.63) is 101 Å². The highest BCUT2D eigenvalue weighted by molar-refractivity contribution is 5.69.